The minimum atomic E-state index is -0.102. The average Bonchev–Trinajstić information content (AvgIpc) is 3.11. The molecule has 0 unspecified atom stereocenters. The first-order chi connectivity index (χ1) is 15.1. The molecule has 0 bridgehead atoms. The van der Waals surface area contributed by atoms with Gasteiger partial charge in [0.2, 0.25) is 0 Å². The lowest BCUT2D eigenvalue weighted by Gasteiger charge is -2.21. The van der Waals surface area contributed by atoms with Crippen molar-refractivity contribution < 1.29 is 14.3 Å². The first-order valence-corrected chi connectivity index (χ1v) is 10.4. The Kier molecular flexibility index (Phi) is 6.10. The minimum Gasteiger partial charge on any atom is -0.497 e. The van der Waals surface area contributed by atoms with Crippen LogP contribution in [0.25, 0.3) is 11.8 Å². The number of hydrogen-bond acceptors (Lipinski definition) is 3. The van der Waals surface area contributed by atoms with E-state index in [4.69, 9.17) is 21.1 Å². The fourth-order valence-corrected chi connectivity index (χ4v) is 3.59. The Hall–Kier alpha value is -3.50. The summed E-state index contributed by atoms with van der Waals surface area (Å²) in [6, 6.07) is 22.6. The van der Waals surface area contributed by atoms with E-state index in [0.717, 1.165) is 34.0 Å². The van der Waals surface area contributed by atoms with E-state index >= 15 is 0 Å². The zero-order valence-electron chi connectivity index (χ0n) is 17.3. The standard InChI is InChI=1S/C26H22ClNO3/c1-3-31-24-6-4-5-22(17-24)28-25(19-9-11-21(27)12-10-19)16-20(26(28)29)15-18-7-13-23(30-2)14-8-18/h4-17H,3H2,1-2H3/b20-15-. The highest BCUT2D eigenvalue weighted by Crippen LogP contribution is 2.37. The molecule has 1 amide bonds. The van der Waals surface area contributed by atoms with Crippen molar-refractivity contribution in [2.45, 2.75) is 6.92 Å². The zero-order chi connectivity index (χ0) is 21.8. The molecule has 4 rings (SSSR count). The van der Waals surface area contributed by atoms with Gasteiger partial charge in [-0.25, -0.2) is 0 Å². The van der Waals surface area contributed by atoms with Gasteiger partial charge in [-0.3, -0.25) is 9.69 Å². The smallest absolute Gasteiger partial charge is 0.262 e. The first-order valence-electron chi connectivity index (χ1n) is 10.00. The molecule has 0 aromatic heterocycles. The molecule has 0 radical (unpaired) electrons. The van der Waals surface area contributed by atoms with Gasteiger partial charge in [0.1, 0.15) is 11.5 Å². The second kappa shape index (κ2) is 9.11. The Balaban J connectivity index is 1.78. The topological polar surface area (TPSA) is 38.8 Å². The van der Waals surface area contributed by atoms with E-state index in [-0.39, 0.29) is 5.91 Å². The molecule has 0 N–H and O–H groups in total. The van der Waals surface area contributed by atoms with Crippen molar-refractivity contribution in [3.05, 3.63) is 101 Å². The molecule has 0 aliphatic carbocycles. The largest absolute Gasteiger partial charge is 0.497 e. The number of rotatable bonds is 6. The van der Waals surface area contributed by atoms with Crippen LogP contribution < -0.4 is 14.4 Å². The third-order valence-electron chi connectivity index (χ3n) is 4.95. The van der Waals surface area contributed by atoms with Crippen LogP contribution in [0.5, 0.6) is 11.5 Å². The number of benzene rings is 3. The molecule has 3 aromatic rings. The summed E-state index contributed by atoms with van der Waals surface area (Å²) in [7, 11) is 1.63. The summed E-state index contributed by atoms with van der Waals surface area (Å²) < 4.78 is 10.9. The minimum absolute atomic E-state index is 0.102. The third kappa shape index (κ3) is 4.49. The normalized spacial score (nSPS) is 14.7. The molecule has 5 heteroatoms. The van der Waals surface area contributed by atoms with Crippen molar-refractivity contribution in [2.24, 2.45) is 0 Å². The molecule has 0 atom stereocenters. The lowest BCUT2D eigenvalue weighted by atomic mass is 10.1. The quantitative estimate of drug-likeness (QED) is 0.435. The van der Waals surface area contributed by atoms with Crippen LogP contribution in [-0.2, 0) is 4.79 Å². The molecule has 1 aliphatic rings. The van der Waals surface area contributed by atoms with Gasteiger partial charge in [-0.2, -0.15) is 0 Å². The number of amides is 1. The Labute approximate surface area is 187 Å². The van der Waals surface area contributed by atoms with Crippen LogP contribution in [0.2, 0.25) is 5.02 Å². The molecular weight excluding hydrogens is 410 g/mol. The van der Waals surface area contributed by atoms with E-state index in [0.29, 0.717) is 17.2 Å². The zero-order valence-corrected chi connectivity index (χ0v) is 18.1. The maximum atomic E-state index is 13.5. The number of anilines is 1. The molecule has 1 heterocycles. The van der Waals surface area contributed by atoms with Crippen LogP contribution in [0.3, 0.4) is 0 Å². The lowest BCUT2D eigenvalue weighted by Crippen LogP contribution is -2.25. The van der Waals surface area contributed by atoms with Gasteiger partial charge in [0.25, 0.3) is 5.91 Å². The number of methoxy groups -OCH3 is 1. The Bertz CT molecular complexity index is 1150. The molecule has 0 saturated carbocycles. The van der Waals surface area contributed by atoms with E-state index in [1.54, 1.807) is 12.0 Å². The van der Waals surface area contributed by atoms with Crippen LogP contribution in [0.4, 0.5) is 5.69 Å². The maximum absolute atomic E-state index is 13.5. The van der Waals surface area contributed by atoms with Gasteiger partial charge in [-0.15, -0.1) is 0 Å². The van der Waals surface area contributed by atoms with Gasteiger partial charge in [-0.1, -0.05) is 41.9 Å². The third-order valence-corrected chi connectivity index (χ3v) is 5.20. The van der Waals surface area contributed by atoms with E-state index in [1.165, 1.54) is 0 Å². The van der Waals surface area contributed by atoms with Crippen molar-refractivity contribution in [1.82, 2.24) is 0 Å². The first kappa shape index (κ1) is 20.8. The van der Waals surface area contributed by atoms with Crippen LogP contribution in [0, 0.1) is 0 Å². The highest BCUT2D eigenvalue weighted by molar-refractivity contribution is 6.30. The SMILES string of the molecule is CCOc1cccc(N2C(=O)/C(=C\c3ccc(OC)cc3)C=C2c2ccc(Cl)cc2)c1. The van der Waals surface area contributed by atoms with Crippen LogP contribution in [-0.4, -0.2) is 19.6 Å². The number of carbonyl (C=O) groups excluding carboxylic acids is 1. The summed E-state index contributed by atoms with van der Waals surface area (Å²) >= 11 is 6.08. The predicted octanol–water partition coefficient (Wildman–Crippen LogP) is 6.22. The molecule has 156 valence electrons. The summed E-state index contributed by atoms with van der Waals surface area (Å²) in [5.41, 5.74) is 3.95. The summed E-state index contributed by atoms with van der Waals surface area (Å²) in [5, 5.41) is 0.646. The van der Waals surface area contributed by atoms with E-state index in [1.807, 2.05) is 91.9 Å². The van der Waals surface area contributed by atoms with Crippen molar-refractivity contribution >= 4 is 35.0 Å². The van der Waals surface area contributed by atoms with Crippen LogP contribution >= 0.6 is 11.6 Å². The molecule has 0 fully saturated rings. The average molecular weight is 432 g/mol. The van der Waals surface area contributed by atoms with E-state index < -0.39 is 0 Å². The number of hydrogen-bond donors (Lipinski definition) is 0. The maximum Gasteiger partial charge on any atom is 0.262 e. The molecule has 31 heavy (non-hydrogen) atoms. The summed E-state index contributed by atoms with van der Waals surface area (Å²) in [4.78, 5) is 15.2. The lowest BCUT2D eigenvalue weighted by molar-refractivity contribution is -0.113. The summed E-state index contributed by atoms with van der Waals surface area (Å²) in [5.74, 6) is 1.39. The van der Waals surface area contributed by atoms with Crippen molar-refractivity contribution in [1.29, 1.82) is 0 Å². The highest BCUT2D eigenvalue weighted by Gasteiger charge is 2.30. The van der Waals surface area contributed by atoms with Gasteiger partial charge in [0, 0.05) is 16.7 Å². The fraction of sp³-hybridized carbons (Fsp3) is 0.115. The van der Waals surface area contributed by atoms with Gasteiger partial charge < -0.3 is 9.47 Å². The summed E-state index contributed by atoms with van der Waals surface area (Å²) in [6.45, 7) is 2.49. The Morgan fingerprint density at radius 2 is 1.71 bits per heavy atom. The van der Waals surface area contributed by atoms with Gasteiger partial charge in [0.05, 0.1) is 25.1 Å². The van der Waals surface area contributed by atoms with Crippen molar-refractivity contribution in [3.8, 4) is 11.5 Å². The molecule has 4 nitrogen and oxygen atoms in total. The molecule has 0 saturated heterocycles. The van der Waals surface area contributed by atoms with Crippen LogP contribution in [0.1, 0.15) is 18.1 Å². The number of ether oxygens (including phenoxy) is 2. The Morgan fingerprint density at radius 1 is 0.968 bits per heavy atom. The summed E-state index contributed by atoms with van der Waals surface area (Å²) in [6.07, 6.45) is 3.78. The number of carbonyl (C=O) groups is 1. The molecular formula is C26H22ClNO3. The van der Waals surface area contributed by atoms with Crippen LogP contribution in [0.15, 0.2) is 84.4 Å². The molecule has 1 aliphatic heterocycles. The monoisotopic (exact) mass is 431 g/mol. The number of nitrogens with zero attached hydrogens (tertiary/aromatic N) is 1. The van der Waals surface area contributed by atoms with Gasteiger partial charge >= 0.3 is 0 Å². The second-order valence-corrected chi connectivity index (χ2v) is 7.42. The molecule has 0 spiro atoms. The predicted molar refractivity (Wildman–Crippen MR) is 125 cm³/mol. The van der Waals surface area contributed by atoms with E-state index in [2.05, 4.69) is 0 Å². The number of halogens is 1. The Morgan fingerprint density at radius 3 is 2.39 bits per heavy atom. The van der Waals surface area contributed by atoms with Gasteiger partial charge in [-0.05, 0) is 66.6 Å². The second-order valence-electron chi connectivity index (χ2n) is 6.98. The fourth-order valence-electron chi connectivity index (χ4n) is 3.46. The van der Waals surface area contributed by atoms with Crippen molar-refractivity contribution in [2.75, 3.05) is 18.6 Å². The van der Waals surface area contributed by atoms with E-state index in [9.17, 15) is 4.79 Å². The molecule has 3 aromatic carbocycles. The highest BCUT2D eigenvalue weighted by atomic mass is 35.5. The van der Waals surface area contributed by atoms with Crippen molar-refractivity contribution in [3.63, 3.8) is 0 Å². The van der Waals surface area contributed by atoms with Gasteiger partial charge in [0.15, 0.2) is 0 Å².